The minimum atomic E-state index is 0.0397. The van der Waals surface area contributed by atoms with E-state index in [1.807, 2.05) is 19.1 Å². The molecule has 0 bridgehead atoms. The fourth-order valence-electron chi connectivity index (χ4n) is 1.92. The van der Waals surface area contributed by atoms with Crippen molar-refractivity contribution < 1.29 is 9.53 Å². The molecule has 2 aromatic rings. The number of hydrogen-bond acceptors (Lipinski definition) is 4. The van der Waals surface area contributed by atoms with Gasteiger partial charge < -0.3 is 4.74 Å². The Morgan fingerprint density at radius 1 is 1.32 bits per heavy atom. The lowest BCUT2D eigenvalue weighted by Gasteiger charge is -2.08. The molecule has 0 amide bonds. The van der Waals surface area contributed by atoms with Gasteiger partial charge in [-0.2, -0.15) is 0 Å². The second kappa shape index (κ2) is 6.09. The van der Waals surface area contributed by atoms with E-state index in [9.17, 15) is 4.79 Å². The SMILES string of the molecule is CCc1cc(C(=O)Cc2cnccn2)ccc1OC. The van der Waals surface area contributed by atoms with Crippen LogP contribution in [0.4, 0.5) is 0 Å². The molecule has 0 N–H and O–H groups in total. The van der Waals surface area contributed by atoms with Crippen LogP contribution in [0.1, 0.15) is 28.5 Å². The maximum Gasteiger partial charge on any atom is 0.168 e. The molecule has 1 aromatic heterocycles. The maximum absolute atomic E-state index is 12.2. The van der Waals surface area contributed by atoms with Crippen molar-refractivity contribution in [2.45, 2.75) is 19.8 Å². The molecule has 0 unspecified atom stereocenters. The number of carbonyl (C=O) groups excluding carboxylic acids is 1. The molecule has 1 aromatic carbocycles. The van der Waals surface area contributed by atoms with E-state index in [2.05, 4.69) is 9.97 Å². The van der Waals surface area contributed by atoms with Crippen molar-refractivity contribution in [1.82, 2.24) is 9.97 Å². The molecule has 0 saturated carbocycles. The lowest BCUT2D eigenvalue weighted by Crippen LogP contribution is -2.06. The average molecular weight is 256 g/mol. The van der Waals surface area contributed by atoms with Gasteiger partial charge >= 0.3 is 0 Å². The van der Waals surface area contributed by atoms with Crippen LogP contribution in [-0.4, -0.2) is 22.9 Å². The fraction of sp³-hybridized carbons (Fsp3) is 0.267. The van der Waals surface area contributed by atoms with Crippen LogP contribution in [0.5, 0.6) is 5.75 Å². The maximum atomic E-state index is 12.2. The predicted octanol–water partition coefficient (Wildman–Crippen LogP) is 2.47. The summed E-state index contributed by atoms with van der Waals surface area (Å²) >= 11 is 0. The van der Waals surface area contributed by atoms with E-state index in [0.717, 1.165) is 17.7 Å². The number of nitrogens with zero attached hydrogens (tertiary/aromatic N) is 2. The standard InChI is InChI=1S/C15H16N2O2/c1-3-11-8-12(4-5-15(11)19-2)14(18)9-13-10-16-6-7-17-13/h4-8,10H,3,9H2,1-2H3. The monoisotopic (exact) mass is 256 g/mol. The fourth-order valence-corrected chi connectivity index (χ4v) is 1.92. The largest absolute Gasteiger partial charge is 0.496 e. The first kappa shape index (κ1) is 13.2. The summed E-state index contributed by atoms with van der Waals surface area (Å²) in [6.45, 7) is 2.04. The Bertz CT molecular complexity index is 568. The van der Waals surface area contributed by atoms with Gasteiger partial charge in [-0.05, 0) is 30.2 Å². The van der Waals surface area contributed by atoms with E-state index < -0.39 is 0 Å². The van der Waals surface area contributed by atoms with Gasteiger partial charge in [0.25, 0.3) is 0 Å². The Hall–Kier alpha value is -2.23. The number of methoxy groups -OCH3 is 1. The number of ether oxygens (including phenoxy) is 1. The summed E-state index contributed by atoms with van der Waals surface area (Å²) in [6, 6.07) is 5.51. The third-order valence-corrected chi connectivity index (χ3v) is 2.94. The second-order valence-electron chi connectivity index (χ2n) is 4.18. The van der Waals surface area contributed by atoms with E-state index in [0.29, 0.717) is 11.3 Å². The summed E-state index contributed by atoms with van der Waals surface area (Å²) in [5.74, 6) is 0.858. The van der Waals surface area contributed by atoms with Crippen molar-refractivity contribution in [3.05, 3.63) is 53.6 Å². The second-order valence-corrected chi connectivity index (χ2v) is 4.18. The lowest BCUT2D eigenvalue weighted by atomic mass is 10.0. The highest BCUT2D eigenvalue weighted by Gasteiger charge is 2.10. The third kappa shape index (κ3) is 3.16. The number of Topliss-reactive ketones (excluding diaryl/α,β-unsaturated/α-hetero) is 1. The van der Waals surface area contributed by atoms with E-state index in [4.69, 9.17) is 4.74 Å². The molecule has 0 aliphatic carbocycles. The molecule has 4 nitrogen and oxygen atoms in total. The van der Waals surface area contributed by atoms with E-state index >= 15 is 0 Å². The first-order valence-corrected chi connectivity index (χ1v) is 6.19. The van der Waals surface area contributed by atoms with Gasteiger partial charge in [-0.15, -0.1) is 0 Å². The first-order chi connectivity index (χ1) is 9.24. The quantitative estimate of drug-likeness (QED) is 0.771. The van der Waals surface area contributed by atoms with Gasteiger partial charge in [-0.1, -0.05) is 6.92 Å². The van der Waals surface area contributed by atoms with Crippen LogP contribution in [0.2, 0.25) is 0 Å². The summed E-state index contributed by atoms with van der Waals surface area (Å²) < 4.78 is 5.26. The number of hydrogen-bond donors (Lipinski definition) is 0. The number of ketones is 1. The zero-order valence-electron chi connectivity index (χ0n) is 11.1. The molecule has 0 radical (unpaired) electrons. The predicted molar refractivity (Wildman–Crippen MR) is 72.4 cm³/mol. The van der Waals surface area contributed by atoms with Crippen LogP contribution in [0, 0.1) is 0 Å². The molecule has 19 heavy (non-hydrogen) atoms. The minimum absolute atomic E-state index is 0.0397. The molecule has 0 fully saturated rings. The Morgan fingerprint density at radius 3 is 2.79 bits per heavy atom. The summed E-state index contributed by atoms with van der Waals surface area (Å²) in [5, 5.41) is 0. The molecule has 0 aliphatic heterocycles. The van der Waals surface area contributed by atoms with E-state index in [1.54, 1.807) is 31.8 Å². The van der Waals surface area contributed by atoms with E-state index in [-0.39, 0.29) is 12.2 Å². The van der Waals surface area contributed by atoms with Crippen molar-refractivity contribution in [1.29, 1.82) is 0 Å². The third-order valence-electron chi connectivity index (χ3n) is 2.94. The van der Waals surface area contributed by atoms with Gasteiger partial charge in [0.15, 0.2) is 5.78 Å². The van der Waals surface area contributed by atoms with Crippen molar-refractivity contribution >= 4 is 5.78 Å². The van der Waals surface area contributed by atoms with Crippen LogP contribution >= 0.6 is 0 Å². The molecule has 4 heteroatoms. The zero-order chi connectivity index (χ0) is 13.7. The van der Waals surface area contributed by atoms with Crippen molar-refractivity contribution in [2.75, 3.05) is 7.11 Å². The first-order valence-electron chi connectivity index (χ1n) is 6.19. The van der Waals surface area contributed by atoms with Crippen molar-refractivity contribution in [2.24, 2.45) is 0 Å². The Labute approximate surface area is 112 Å². The van der Waals surface area contributed by atoms with Crippen LogP contribution in [0.3, 0.4) is 0 Å². The summed E-state index contributed by atoms with van der Waals surface area (Å²) in [7, 11) is 1.63. The summed E-state index contributed by atoms with van der Waals surface area (Å²) in [4.78, 5) is 20.2. The normalized spacial score (nSPS) is 10.2. The summed E-state index contributed by atoms with van der Waals surface area (Å²) in [5.41, 5.74) is 2.40. The molecule has 2 rings (SSSR count). The van der Waals surface area contributed by atoms with Gasteiger partial charge in [0.2, 0.25) is 0 Å². The Balaban J connectivity index is 2.20. The molecule has 0 saturated heterocycles. The van der Waals surface area contributed by atoms with Gasteiger partial charge in [-0.3, -0.25) is 14.8 Å². The zero-order valence-corrected chi connectivity index (χ0v) is 11.1. The molecule has 0 atom stereocenters. The van der Waals surface area contributed by atoms with Gasteiger partial charge in [0.05, 0.1) is 19.2 Å². The highest BCUT2D eigenvalue weighted by atomic mass is 16.5. The highest BCUT2D eigenvalue weighted by molar-refractivity contribution is 5.97. The van der Waals surface area contributed by atoms with Crippen LogP contribution in [-0.2, 0) is 12.8 Å². The van der Waals surface area contributed by atoms with Crippen molar-refractivity contribution in [3.8, 4) is 5.75 Å². The molecule has 0 spiro atoms. The molecular weight excluding hydrogens is 240 g/mol. The molecule has 0 aliphatic rings. The van der Waals surface area contributed by atoms with E-state index in [1.165, 1.54) is 0 Å². The van der Waals surface area contributed by atoms with Gasteiger partial charge in [-0.25, -0.2) is 0 Å². The smallest absolute Gasteiger partial charge is 0.168 e. The number of rotatable bonds is 5. The minimum Gasteiger partial charge on any atom is -0.496 e. The Kier molecular flexibility index (Phi) is 4.23. The molecule has 98 valence electrons. The highest BCUT2D eigenvalue weighted by Crippen LogP contribution is 2.21. The van der Waals surface area contributed by atoms with Crippen LogP contribution in [0.25, 0.3) is 0 Å². The lowest BCUT2D eigenvalue weighted by molar-refractivity contribution is 0.0991. The van der Waals surface area contributed by atoms with Gasteiger partial charge in [0, 0.05) is 24.2 Å². The summed E-state index contributed by atoms with van der Waals surface area (Å²) in [6.07, 6.45) is 5.89. The number of carbonyl (C=O) groups is 1. The molecular formula is C15H16N2O2. The number of benzene rings is 1. The average Bonchev–Trinajstić information content (AvgIpc) is 2.47. The number of aryl methyl sites for hydroxylation is 1. The number of aromatic nitrogens is 2. The Morgan fingerprint density at radius 2 is 2.16 bits per heavy atom. The van der Waals surface area contributed by atoms with Crippen LogP contribution in [0.15, 0.2) is 36.8 Å². The van der Waals surface area contributed by atoms with Gasteiger partial charge in [0.1, 0.15) is 5.75 Å². The molecule has 1 heterocycles. The van der Waals surface area contributed by atoms with Crippen LogP contribution < -0.4 is 4.74 Å². The van der Waals surface area contributed by atoms with Crippen molar-refractivity contribution in [3.63, 3.8) is 0 Å². The topological polar surface area (TPSA) is 52.1 Å².